The quantitative estimate of drug-likeness (QED) is 0.432. The number of carbonyl (C=O) groups is 1. The monoisotopic (exact) mass is 396 g/mol. The number of ketones is 1. The first-order valence-corrected chi connectivity index (χ1v) is 10.1. The fourth-order valence-corrected chi connectivity index (χ4v) is 4.72. The van der Waals surface area contributed by atoms with Crippen LogP contribution in [0.4, 0.5) is 10.1 Å². The highest BCUT2D eigenvalue weighted by molar-refractivity contribution is 7.89. The van der Waals surface area contributed by atoms with Crippen molar-refractivity contribution in [3.63, 3.8) is 0 Å². The number of hydrogen-bond donors (Lipinski definition) is 1. The minimum Gasteiger partial charge on any atom is -0.354 e. The Labute approximate surface area is 153 Å². The number of nitrogens with zero attached hydrogens (tertiary/aromatic N) is 3. The molecule has 0 spiro atoms. The van der Waals surface area contributed by atoms with E-state index in [0.717, 1.165) is 30.4 Å². The van der Waals surface area contributed by atoms with Crippen LogP contribution in [0.2, 0.25) is 0 Å². The number of benzene rings is 1. The Morgan fingerprint density at radius 3 is 2.50 bits per heavy atom. The summed E-state index contributed by atoms with van der Waals surface area (Å²) in [5.41, 5.74) is 0.351. The third-order valence-corrected chi connectivity index (χ3v) is 6.77. The zero-order valence-corrected chi connectivity index (χ0v) is 15.3. The number of sulfonamides is 1. The van der Waals surface area contributed by atoms with Crippen LogP contribution in [0.15, 0.2) is 35.4 Å². The lowest BCUT2D eigenvalue weighted by atomic mass is 10.1. The van der Waals surface area contributed by atoms with Crippen molar-refractivity contribution in [3.05, 3.63) is 46.1 Å². The highest BCUT2D eigenvalue weighted by atomic mass is 32.2. The van der Waals surface area contributed by atoms with Gasteiger partial charge >= 0.3 is 5.00 Å². The van der Waals surface area contributed by atoms with Crippen LogP contribution in [0, 0.1) is 10.1 Å². The van der Waals surface area contributed by atoms with E-state index < -0.39 is 14.9 Å². The second kappa shape index (κ2) is 7.48. The molecule has 0 amide bonds. The van der Waals surface area contributed by atoms with Gasteiger partial charge in [-0.05, 0) is 48.4 Å². The molecule has 1 fully saturated rings. The molecule has 0 atom stereocenters. The van der Waals surface area contributed by atoms with Crippen molar-refractivity contribution in [2.24, 2.45) is 0 Å². The third-order valence-electron chi connectivity index (χ3n) is 3.95. The summed E-state index contributed by atoms with van der Waals surface area (Å²) < 4.78 is 26.3. The second-order valence-corrected chi connectivity index (χ2v) is 8.62. The molecule has 11 heteroatoms. The van der Waals surface area contributed by atoms with Crippen LogP contribution in [-0.2, 0) is 10.0 Å². The molecule has 1 saturated heterocycles. The zero-order chi connectivity index (χ0) is 18.7. The third kappa shape index (κ3) is 3.89. The largest absolute Gasteiger partial charge is 0.354 e. The van der Waals surface area contributed by atoms with Crippen molar-refractivity contribution in [1.82, 2.24) is 9.29 Å². The molecule has 0 unspecified atom stereocenters. The van der Waals surface area contributed by atoms with Crippen LogP contribution < -0.4 is 5.32 Å². The first kappa shape index (κ1) is 18.4. The van der Waals surface area contributed by atoms with Crippen molar-refractivity contribution >= 4 is 37.3 Å². The van der Waals surface area contributed by atoms with E-state index in [2.05, 4.69) is 10.3 Å². The van der Waals surface area contributed by atoms with Gasteiger partial charge in [0.2, 0.25) is 10.0 Å². The molecule has 2 aromatic rings. The Morgan fingerprint density at radius 2 is 1.92 bits per heavy atom. The average molecular weight is 396 g/mol. The van der Waals surface area contributed by atoms with Gasteiger partial charge in [-0.25, -0.2) is 13.4 Å². The summed E-state index contributed by atoms with van der Waals surface area (Å²) in [7, 11) is -3.51. The van der Waals surface area contributed by atoms with Gasteiger partial charge in [0.25, 0.3) is 0 Å². The van der Waals surface area contributed by atoms with Gasteiger partial charge in [0.05, 0.1) is 16.4 Å². The van der Waals surface area contributed by atoms with E-state index in [0.29, 0.717) is 18.7 Å². The Hall–Kier alpha value is -2.37. The lowest BCUT2D eigenvalue weighted by Gasteiger charge is -2.15. The maximum atomic E-state index is 12.5. The molecular formula is C15H16N4O5S2. The molecule has 9 nitrogen and oxygen atoms in total. The maximum Gasteiger partial charge on any atom is 0.345 e. The van der Waals surface area contributed by atoms with Crippen LogP contribution in [0.25, 0.3) is 0 Å². The summed E-state index contributed by atoms with van der Waals surface area (Å²) in [6.07, 6.45) is 2.84. The van der Waals surface area contributed by atoms with Gasteiger partial charge in [-0.1, -0.05) is 0 Å². The number of aromatic nitrogens is 1. The fraction of sp³-hybridized carbons (Fsp3) is 0.333. The van der Waals surface area contributed by atoms with Crippen LogP contribution in [0.1, 0.15) is 23.2 Å². The predicted molar refractivity (Wildman–Crippen MR) is 96.0 cm³/mol. The number of thiazole rings is 1. The van der Waals surface area contributed by atoms with E-state index in [9.17, 15) is 23.3 Å². The smallest absolute Gasteiger partial charge is 0.345 e. The minimum atomic E-state index is -3.51. The summed E-state index contributed by atoms with van der Waals surface area (Å²) in [6.45, 7) is 0.947. The molecule has 0 aliphatic carbocycles. The molecule has 0 radical (unpaired) electrons. The van der Waals surface area contributed by atoms with E-state index in [1.54, 1.807) is 0 Å². The Morgan fingerprint density at radius 1 is 1.27 bits per heavy atom. The average Bonchev–Trinajstić information content (AvgIpc) is 3.31. The minimum absolute atomic E-state index is 0.0944. The Bertz CT molecular complexity index is 918. The maximum absolute atomic E-state index is 12.5. The molecule has 26 heavy (non-hydrogen) atoms. The number of nitrogens with one attached hydrogen (secondary N) is 1. The molecule has 1 aromatic carbocycles. The number of Topliss-reactive ketones (excluding diaryl/α,β-unsaturated/α-hetero) is 1. The molecule has 3 rings (SSSR count). The standard InChI is InChI=1S/C15H16N4O5S2/c20-13(9-16-15-17-10-14(25-15)19(21)22)11-3-5-12(6-4-11)26(23,24)18-7-1-2-8-18/h3-6,10H,1-2,7-9H2,(H,16,17). The van der Waals surface area contributed by atoms with Gasteiger partial charge < -0.3 is 5.32 Å². The van der Waals surface area contributed by atoms with Crippen LogP contribution in [0.5, 0.6) is 0 Å². The normalized spacial score (nSPS) is 15.1. The SMILES string of the molecule is O=C(CNc1ncc([N+](=O)[O-])s1)c1ccc(S(=O)(=O)N2CCCC2)cc1. The Balaban J connectivity index is 1.64. The number of carbonyl (C=O) groups excluding carboxylic acids is 1. The number of anilines is 1. The summed E-state index contributed by atoms with van der Waals surface area (Å²) in [4.78, 5) is 26.2. The van der Waals surface area contributed by atoms with Gasteiger partial charge in [-0.2, -0.15) is 4.31 Å². The Kier molecular flexibility index (Phi) is 5.30. The van der Waals surface area contributed by atoms with Crippen LogP contribution in [0.3, 0.4) is 0 Å². The van der Waals surface area contributed by atoms with Crippen molar-refractivity contribution < 1.29 is 18.1 Å². The molecule has 0 saturated carbocycles. The highest BCUT2D eigenvalue weighted by Gasteiger charge is 2.27. The van der Waals surface area contributed by atoms with Crippen molar-refractivity contribution in [2.45, 2.75) is 17.7 Å². The van der Waals surface area contributed by atoms with E-state index in [-0.39, 0.29) is 27.4 Å². The molecule has 1 aromatic heterocycles. The van der Waals surface area contributed by atoms with Crippen molar-refractivity contribution in [2.75, 3.05) is 25.0 Å². The lowest BCUT2D eigenvalue weighted by molar-refractivity contribution is -0.380. The second-order valence-electron chi connectivity index (χ2n) is 5.67. The van der Waals surface area contributed by atoms with E-state index in [1.807, 2.05) is 0 Å². The summed E-state index contributed by atoms with van der Waals surface area (Å²) >= 11 is 0.840. The first-order chi connectivity index (χ1) is 12.4. The van der Waals surface area contributed by atoms with Gasteiger partial charge in [-0.15, -0.1) is 0 Å². The molecule has 1 N–H and O–H groups in total. The van der Waals surface area contributed by atoms with E-state index in [1.165, 1.54) is 28.6 Å². The van der Waals surface area contributed by atoms with Gasteiger partial charge in [-0.3, -0.25) is 14.9 Å². The van der Waals surface area contributed by atoms with Crippen LogP contribution >= 0.6 is 11.3 Å². The summed E-state index contributed by atoms with van der Waals surface area (Å²) in [5, 5.41) is 13.5. The highest BCUT2D eigenvalue weighted by Crippen LogP contribution is 2.25. The predicted octanol–water partition coefficient (Wildman–Crippen LogP) is 2.13. The number of rotatable bonds is 7. The summed E-state index contributed by atoms with van der Waals surface area (Å²) in [5.74, 6) is -0.270. The van der Waals surface area contributed by atoms with Gasteiger partial charge in [0.1, 0.15) is 6.20 Å². The van der Waals surface area contributed by atoms with Crippen molar-refractivity contribution in [3.8, 4) is 0 Å². The van der Waals surface area contributed by atoms with Gasteiger partial charge in [0, 0.05) is 18.7 Å². The lowest BCUT2D eigenvalue weighted by Crippen LogP contribution is -2.27. The molecule has 1 aliphatic rings. The molecule has 1 aliphatic heterocycles. The van der Waals surface area contributed by atoms with E-state index >= 15 is 0 Å². The summed E-state index contributed by atoms with van der Waals surface area (Å²) in [6, 6.07) is 5.79. The van der Waals surface area contributed by atoms with Crippen molar-refractivity contribution in [1.29, 1.82) is 0 Å². The number of nitro groups is 1. The zero-order valence-electron chi connectivity index (χ0n) is 13.6. The van der Waals surface area contributed by atoms with E-state index in [4.69, 9.17) is 0 Å². The topological polar surface area (TPSA) is 123 Å². The molecular weight excluding hydrogens is 380 g/mol. The van der Waals surface area contributed by atoms with Crippen LogP contribution in [-0.4, -0.2) is 48.0 Å². The first-order valence-electron chi connectivity index (χ1n) is 7.85. The number of hydrogen-bond acceptors (Lipinski definition) is 8. The molecule has 0 bridgehead atoms. The molecule has 2 heterocycles. The molecule has 138 valence electrons. The fourth-order valence-electron chi connectivity index (χ4n) is 2.58. The van der Waals surface area contributed by atoms with Gasteiger partial charge in [0.15, 0.2) is 10.9 Å².